The van der Waals surface area contributed by atoms with Crippen molar-refractivity contribution < 1.29 is 9.59 Å². The smallest absolute Gasteiger partial charge is 0.253 e. The third kappa shape index (κ3) is 6.69. The van der Waals surface area contributed by atoms with Gasteiger partial charge in [0.1, 0.15) is 0 Å². The summed E-state index contributed by atoms with van der Waals surface area (Å²) in [5.74, 6) is 1.22. The molecule has 3 rings (SSSR count). The molecule has 0 saturated carbocycles. The molecular weight excluding hydrogens is 404 g/mol. The van der Waals surface area contributed by atoms with E-state index in [1.807, 2.05) is 29.2 Å². The predicted octanol–water partition coefficient (Wildman–Crippen LogP) is 1.14. The molecule has 2 aliphatic heterocycles. The maximum atomic E-state index is 12.4. The van der Waals surface area contributed by atoms with Gasteiger partial charge in [-0.25, -0.2) is 0 Å². The number of nitrogens with zero attached hydrogens (tertiary/aromatic N) is 5. The van der Waals surface area contributed by atoms with Crippen LogP contribution in [0, 0.1) is 0 Å². The molecule has 8 nitrogen and oxygen atoms in total. The van der Waals surface area contributed by atoms with E-state index in [1.165, 1.54) is 0 Å². The van der Waals surface area contributed by atoms with Gasteiger partial charge in [0.15, 0.2) is 5.96 Å². The van der Waals surface area contributed by atoms with Crippen molar-refractivity contribution in [2.75, 3.05) is 73.0 Å². The van der Waals surface area contributed by atoms with E-state index in [-0.39, 0.29) is 11.8 Å². The Morgan fingerprint density at radius 2 is 1.75 bits per heavy atom. The van der Waals surface area contributed by atoms with Crippen molar-refractivity contribution in [2.24, 2.45) is 4.99 Å². The molecule has 2 heterocycles. The van der Waals surface area contributed by atoms with Crippen molar-refractivity contribution in [3.8, 4) is 0 Å². The van der Waals surface area contributed by atoms with Gasteiger partial charge in [0.2, 0.25) is 5.91 Å². The fraction of sp³-hybridized carbons (Fsp3) is 0.625. The van der Waals surface area contributed by atoms with Crippen LogP contribution >= 0.6 is 0 Å². The summed E-state index contributed by atoms with van der Waals surface area (Å²) in [7, 11) is 3.54. The zero-order chi connectivity index (χ0) is 22.9. The lowest BCUT2D eigenvalue weighted by Crippen LogP contribution is -2.54. The van der Waals surface area contributed by atoms with Crippen molar-refractivity contribution in [1.82, 2.24) is 24.9 Å². The SMILES string of the molecule is CCNC(=NCCc1cccc(C(=O)N(C)C)c1)N1CCN(CC(=O)N2CCCC2)CC1. The maximum Gasteiger partial charge on any atom is 0.253 e. The summed E-state index contributed by atoms with van der Waals surface area (Å²) in [6.07, 6.45) is 3.06. The molecule has 1 aromatic rings. The van der Waals surface area contributed by atoms with Crippen LogP contribution in [0.2, 0.25) is 0 Å². The summed E-state index contributed by atoms with van der Waals surface area (Å²) < 4.78 is 0. The second-order valence-electron chi connectivity index (χ2n) is 8.74. The van der Waals surface area contributed by atoms with Gasteiger partial charge in [-0.1, -0.05) is 12.1 Å². The number of likely N-dealkylation sites (tertiary alicyclic amines) is 1. The van der Waals surface area contributed by atoms with Crippen LogP contribution in [0.1, 0.15) is 35.7 Å². The van der Waals surface area contributed by atoms with Crippen LogP contribution in [0.15, 0.2) is 29.3 Å². The molecule has 0 spiro atoms. The average Bonchev–Trinajstić information content (AvgIpc) is 3.34. The van der Waals surface area contributed by atoms with Crippen LogP contribution in [0.4, 0.5) is 0 Å². The predicted molar refractivity (Wildman–Crippen MR) is 128 cm³/mol. The van der Waals surface area contributed by atoms with E-state index >= 15 is 0 Å². The molecule has 2 amide bonds. The number of guanidine groups is 1. The van der Waals surface area contributed by atoms with Crippen LogP contribution in [0.3, 0.4) is 0 Å². The minimum Gasteiger partial charge on any atom is -0.357 e. The number of aliphatic imine (C=N–C) groups is 1. The fourth-order valence-corrected chi connectivity index (χ4v) is 4.21. The first-order valence-corrected chi connectivity index (χ1v) is 11.8. The molecule has 176 valence electrons. The van der Waals surface area contributed by atoms with E-state index in [2.05, 4.69) is 22.0 Å². The molecule has 0 bridgehead atoms. The molecular formula is C24H38N6O2. The van der Waals surface area contributed by atoms with E-state index in [9.17, 15) is 9.59 Å². The number of carbonyl (C=O) groups is 2. The monoisotopic (exact) mass is 442 g/mol. The van der Waals surface area contributed by atoms with Crippen molar-refractivity contribution in [3.63, 3.8) is 0 Å². The van der Waals surface area contributed by atoms with Gasteiger partial charge in [-0.3, -0.25) is 19.5 Å². The van der Waals surface area contributed by atoms with E-state index in [0.717, 1.165) is 76.6 Å². The van der Waals surface area contributed by atoms with Gasteiger partial charge in [-0.15, -0.1) is 0 Å². The van der Waals surface area contributed by atoms with Crippen molar-refractivity contribution in [3.05, 3.63) is 35.4 Å². The van der Waals surface area contributed by atoms with Crippen molar-refractivity contribution >= 4 is 17.8 Å². The first-order valence-electron chi connectivity index (χ1n) is 11.8. The Balaban J connectivity index is 1.50. The highest BCUT2D eigenvalue weighted by molar-refractivity contribution is 5.94. The van der Waals surface area contributed by atoms with Crippen molar-refractivity contribution in [1.29, 1.82) is 0 Å². The van der Waals surface area contributed by atoms with Gasteiger partial charge in [0, 0.05) is 72.0 Å². The number of piperazine rings is 1. The first kappa shape index (κ1) is 24.0. The number of benzene rings is 1. The lowest BCUT2D eigenvalue weighted by Gasteiger charge is -2.36. The lowest BCUT2D eigenvalue weighted by atomic mass is 10.1. The Kier molecular flexibility index (Phi) is 8.90. The second kappa shape index (κ2) is 11.9. The molecule has 0 aromatic heterocycles. The molecule has 2 aliphatic rings. The molecule has 32 heavy (non-hydrogen) atoms. The average molecular weight is 443 g/mol. The number of amides is 2. The third-order valence-electron chi connectivity index (χ3n) is 6.07. The largest absolute Gasteiger partial charge is 0.357 e. The van der Waals surface area contributed by atoms with Crippen LogP contribution in [-0.2, 0) is 11.2 Å². The van der Waals surface area contributed by atoms with Gasteiger partial charge >= 0.3 is 0 Å². The second-order valence-corrected chi connectivity index (χ2v) is 8.74. The number of nitrogens with one attached hydrogen (secondary N) is 1. The van der Waals surface area contributed by atoms with Gasteiger partial charge in [0.25, 0.3) is 5.91 Å². The first-order chi connectivity index (χ1) is 15.5. The Labute approximate surface area is 192 Å². The van der Waals surface area contributed by atoms with Gasteiger partial charge in [0.05, 0.1) is 6.54 Å². The number of hydrogen-bond donors (Lipinski definition) is 1. The number of hydrogen-bond acceptors (Lipinski definition) is 4. The van der Waals surface area contributed by atoms with E-state index < -0.39 is 0 Å². The lowest BCUT2D eigenvalue weighted by molar-refractivity contribution is -0.131. The highest BCUT2D eigenvalue weighted by atomic mass is 16.2. The van der Waals surface area contributed by atoms with Crippen LogP contribution in [0.25, 0.3) is 0 Å². The van der Waals surface area contributed by atoms with E-state index in [1.54, 1.807) is 19.0 Å². The summed E-state index contributed by atoms with van der Waals surface area (Å²) in [5.41, 5.74) is 1.82. The Hall–Kier alpha value is -2.61. The summed E-state index contributed by atoms with van der Waals surface area (Å²) in [5, 5.41) is 3.40. The zero-order valence-electron chi connectivity index (χ0n) is 19.8. The summed E-state index contributed by atoms with van der Waals surface area (Å²) in [6.45, 7) is 9.41. The van der Waals surface area contributed by atoms with E-state index in [0.29, 0.717) is 18.7 Å². The summed E-state index contributed by atoms with van der Waals surface area (Å²) in [4.78, 5) is 37.6. The van der Waals surface area contributed by atoms with Crippen LogP contribution < -0.4 is 5.32 Å². The highest BCUT2D eigenvalue weighted by Crippen LogP contribution is 2.11. The fourth-order valence-electron chi connectivity index (χ4n) is 4.21. The number of rotatable bonds is 7. The Morgan fingerprint density at radius 3 is 2.41 bits per heavy atom. The van der Waals surface area contributed by atoms with Gasteiger partial charge in [-0.05, 0) is 43.9 Å². The minimum absolute atomic E-state index is 0.0183. The molecule has 2 saturated heterocycles. The summed E-state index contributed by atoms with van der Waals surface area (Å²) >= 11 is 0. The quantitative estimate of drug-likeness (QED) is 0.507. The minimum atomic E-state index is 0.0183. The normalized spacial score (nSPS) is 17.5. The van der Waals surface area contributed by atoms with Crippen LogP contribution in [0.5, 0.6) is 0 Å². The Morgan fingerprint density at radius 1 is 1.03 bits per heavy atom. The van der Waals surface area contributed by atoms with Crippen molar-refractivity contribution in [2.45, 2.75) is 26.2 Å². The maximum absolute atomic E-state index is 12.4. The molecule has 1 aromatic carbocycles. The third-order valence-corrected chi connectivity index (χ3v) is 6.07. The molecule has 0 aliphatic carbocycles. The molecule has 0 radical (unpaired) electrons. The standard InChI is InChI=1S/C24H38N6O2/c1-4-25-24(26-11-10-20-8-7-9-21(18-20)23(32)27(2)3)30-16-14-28(15-17-30)19-22(31)29-12-5-6-13-29/h7-9,18H,4-6,10-17,19H2,1-3H3,(H,25,26). The zero-order valence-corrected chi connectivity index (χ0v) is 19.8. The highest BCUT2D eigenvalue weighted by Gasteiger charge is 2.24. The molecule has 1 N–H and O–H groups in total. The van der Waals surface area contributed by atoms with Gasteiger partial charge < -0.3 is 20.0 Å². The number of carbonyl (C=O) groups excluding carboxylic acids is 2. The topological polar surface area (TPSA) is 71.5 Å². The molecule has 0 unspecified atom stereocenters. The van der Waals surface area contributed by atoms with Gasteiger partial charge in [-0.2, -0.15) is 0 Å². The summed E-state index contributed by atoms with van der Waals surface area (Å²) in [6, 6.07) is 7.79. The molecule has 2 fully saturated rings. The van der Waals surface area contributed by atoms with E-state index in [4.69, 9.17) is 4.99 Å². The Bertz CT molecular complexity index is 795. The molecule has 0 atom stereocenters. The molecule has 8 heteroatoms. The van der Waals surface area contributed by atoms with Crippen LogP contribution in [-0.4, -0.2) is 110 Å².